The van der Waals surface area contributed by atoms with Gasteiger partial charge in [-0.05, 0) is 37.8 Å². The van der Waals surface area contributed by atoms with E-state index in [-0.39, 0.29) is 11.8 Å². The van der Waals surface area contributed by atoms with Gasteiger partial charge >= 0.3 is 0 Å². The maximum absolute atomic E-state index is 12.2. The van der Waals surface area contributed by atoms with Crippen molar-refractivity contribution < 1.29 is 9.59 Å². The summed E-state index contributed by atoms with van der Waals surface area (Å²) in [5, 5.41) is 0. The summed E-state index contributed by atoms with van der Waals surface area (Å²) >= 11 is 0. The third-order valence-corrected chi connectivity index (χ3v) is 3.35. The molecular weight excluding hydrogens is 214 g/mol. The van der Waals surface area contributed by atoms with E-state index in [1.807, 2.05) is 6.08 Å². The molecule has 17 heavy (non-hydrogen) atoms. The molecule has 0 saturated carbocycles. The highest BCUT2D eigenvalue weighted by atomic mass is 16.2. The lowest BCUT2D eigenvalue weighted by Crippen LogP contribution is -2.29. The highest BCUT2D eigenvalue weighted by Gasteiger charge is 2.37. The van der Waals surface area contributed by atoms with Gasteiger partial charge in [-0.1, -0.05) is 18.2 Å². The van der Waals surface area contributed by atoms with Crippen LogP contribution in [-0.4, -0.2) is 16.7 Å². The van der Waals surface area contributed by atoms with E-state index >= 15 is 0 Å². The summed E-state index contributed by atoms with van der Waals surface area (Å²) in [6.07, 6.45) is 6.01. The number of hydrogen-bond acceptors (Lipinski definition) is 2. The first-order valence-corrected chi connectivity index (χ1v) is 5.96. The van der Waals surface area contributed by atoms with Crippen molar-refractivity contribution in [1.82, 2.24) is 4.90 Å². The number of nitrogens with zero attached hydrogens (tertiary/aromatic N) is 1. The largest absolute Gasteiger partial charge is 0.268 e. The van der Waals surface area contributed by atoms with Crippen molar-refractivity contribution in [3.8, 4) is 0 Å². The zero-order valence-corrected chi connectivity index (χ0v) is 9.48. The van der Waals surface area contributed by atoms with Gasteiger partial charge < -0.3 is 0 Å². The number of amides is 2. The Bertz CT molecular complexity index is 496. The minimum Gasteiger partial charge on any atom is -0.268 e. The summed E-state index contributed by atoms with van der Waals surface area (Å²) in [6, 6.07) is 7.03. The maximum atomic E-state index is 12.2. The van der Waals surface area contributed by atoms with E-state index in [0.717, 1.165) is 31.4 Å². The molecule has 3 nitrogen and oxygen atoms in total. The van der Waals surface area contributed by atoms with Crippen LogP contribution < -0.4 is 0 Å². The molecule has 0 radical (unpaired) electrons. The van der Waals surface area contributed by atoms with E-state index in [0.29, 0.717) is 11.1 Å². The SMILES string of the molecule is O=C1c2ccccc2C(=O)N1C1=CCCCC1. The van der Waals surface area contributed by atoms with Gasteiger partial charge in [-0.3, -0.25) is 9.59 Å². The molecule has 2 amide bonds. The smallest absolute Gasteiger partial charge is 0.265 e. The normalized spacial score (nSPS) is 19.3. The van der Waals surface area contributed by atoms with Crippen LogP contribution in [0.2, 0.25) is 0 Å². The molecule has 1 heterocycles. The van der Waals surface area contributed by atoms with Gasteiger partial charge in [0, 0.05) is 5.70 Å². The van der Waals surface area contributed by atoms with E-state index in [4.69, 9.17) is 0 Å². The monoisotopic (exact) mass is 227 g/mol. The summed E-state index contributed by atoms with van der Waals surface area (Å²) in [5.74, 6) is -0.336. The van der Waals surface area contributed by atoms with Crippen molar-refractivity contribution in [2.24, 2.45) is 0 Å². The lowest BCUT2D eigenvalue weighted by atomic mass is 10.0. The fourth-order valence-corrected chi connectivity index (χ4v) is 2.47. The van der Waals surface area contributed by atoms with Crippen LogP contribution in [0.5, 0.6) is 0 Å². The van der Waals surface area contributed by atoms with E-state index in [2.05, 4.69) is 0 Å². The topological polar surface area (TPSA) is 37.4 Å². The number of rotatable bonds is 1. The minimum absolute atomic E-state index is 0.168. The van der Waals surface area contributed by atoms with Gasteiger partial charge in [0.05, 0.1) is 11.1 Å². The van der Waals surface area contributed by atoms with Crippen LogP contribution >= 0.6 is 0 Å². The molecule has 0 unspecified atom stereocenters. The van der Waals surface area contributed by atoms with Crippen LogP contribution in [0, 0.1) is 0 Å². The van der Waals surface area contributed by atoms with Gasteiger partial charge in [-0.2, -0.15) is 0 Å². The van der Waals surface area contributed by atoms with Crippen LogP contribution in [0.15, 0.2) is 36.0 Å². The number of carbonyl (C=O) groups excluding carboxylic acids is 2. The fourth-order valence-electron chi connectivity index (χ4n) is 2.47. The molecule has 3 rings (SSSR count). The van der Waals surface area contributed by atoms with Gasteiger partial charge in [0.15, 0.2) is 0 Å². The molecule has 3 heteroatoms. The predicted molar refractivity (Wildman–Crippen MR) is 63.5 cm³/mol. The van der Waals surface area contributed by atoms with E-state index in [1.165, 1.54) is 4.90 Å². The Morgan fingerprint density at radius 1 is 0.941 bits per heavy atom. The second-order valence-electron chi connectivity index (χ2n) is 4.43. The third-order valence-electron chi connectivity index (χ3n) is 3.35. The summed E-state index contributed by atoms with van der Waals surface area (Å²) in [5.41, 5.74) is 1.94. The molecule has 1 aliphatic heterocycles. The van der Waals surface area contributed by atoms with Gasteiger partial charge in [0.2, 0.25) is 0 Å². The quantitative estimate of drug-likeness (QED) is 0.692. The molecule has 0 spiro atoms. The molecule has 0 atom stereocenters. The van der Waals surface area contributed by atoms with Crippen LogP contribution in [0.25, 0.3) is 0 Å². The van der Waals surface area contributed by atoms with Gasteiger partial charge in [-0.25, -0.2) is 4.90 Å². The van der Waals surface area contributed by atoms with Crippen molar-refractivity contribution >= 4 is 11.8 Å². The average molecular weight is 227 g/mol. The lowest BCUT2D eigenvalue weighted by Gasteiger charge is -2.20. The zero-order valence-electron chi connectivity index (χ0n) is 9.48. The van der Waals surface area contributed by atoms with Gasteiger partial charge in [-0.15, -0.1) is 0 Å². The van der Waals surface area contributed by atoms with Crippen molar-refractivity contribution in [3.05, 3.63) is 47.2 Å². The highest BCUT2D eigenvalue weighted by molar-refractivity contribution is 6.22. The molecule has 0 fully saturated rings. The Morgan fingerprint density at radius 3 is 2.12 bits per heavy atom. The molecule has 0 bridgehead atoms. The van der Waals surface area contributed by atoms with E-state index in [9.17, 15) is 9.59 Å². The summed E-state index contributed by atoms with van der Waals surface area (Å²) < 4.78 is 0. The first-order valence-electron chi connectivity index (χ1n) is 5.96. The summed E-state index contributed by atoms with van der Waals surface area (Å²) in [6.45, 7) is 0. The van der Waals surface area contributed by atoms with Crippen molar-refractivity contribution in [1.29, 1.82) is 0 Å². The number of allylic oxidation sites excluding steroid dienone is 2. The Balaban J connectivity index is 2.03. The number of carbonyl (C=O) groups is 2. The Kier molecular flexibility index (Phi) is 2.32. The Hall–Kier alpha value is -1.90. The zero-order chi connectivity index (χ0) is 11.8. The van der Waals surface area contributed by atoms with Crippen molar-refractivity contribution in [2.75, 3.05) is 0 Å². The maximum Gasteiger partial charge on any atom is 0.265 e. The van der Waals surface area contributed by atoms with Crippen LogP contribution in [-0.2, 0) is 0 Å². The average Bonchev–Trinajstić information content (AvgIpc) is 2.64. The first kappa shape index (κ1) is 10.3. The van der Waals surface area contributed by atoms with Crippen LogP contribution in [0.4, 0.5) is 0 Å². The van der Waals surface area contributed by atoms with E-state index in [1.54, 1.807) is 24.3 Å². The number of fused-ring (bicyclic) bond motifs is 1. The molecule has 0 N–H and O–H groups in total. The molecule has 2 aliphatic rings. The number of hydrogen-bond donors (Lipinski definition) is 0. The summed E-state index contributed by atoms with van der Waals surface area (Å²) in [7, 11) is 0. The molecule has 86 valence electrons. The number of benzene rings is 1. The highest BCUT2D eigenvalue weighted by Crippen LogP contribution is 2.30. The van der Waals surface area contributed by atoms with Crippen molar-refractivity contribution in [3.63, 3.8) is 0 Å². The fraction of sp³-hybridized carbons (Fsp3) is 0.286. The minimum atomic E-state index is -0.168. The molecule has 1 aromatic carbocycles. The Morgan fingerprint density at radius 2 is 1.59 bits per heavy atom. The third kappa shape index (κ3) is 1.50. The van der Waals surface area contributed by atoms with Crippen molar-refractivity contribution in [2.45, 2.75) is 25.7 Å². The Labute approximate surface area is 99.7 Å². The van der Waals surface area contributed by atoms with Crippen LogP contribution in [0.3, 0.4) is 0 Å². The van der Waals surface area contributed by atoms with Gasteiger partial charge in [0.1, 0.15) is 0 Å². The predicted octanol–water partition coefficient (Wildman–Crippen LogP) is 2.74. The van der Waals surface area contributed by atoms with E-state index < -0.39 is 0 Å². The molecular formula is C14H13NO2. The first-order chi connectivity index (χ1) is 8.29. The molecule has 0 saturated heterocycles. The lowest BCUT2D eigenvalue weighted by molar-refractivity contribution is 0.0696. The number of imide groups is 1. The van der Waals surface area contributed by atoms with Crippen LogP contribution in [0.1, 0.15) is 46.4 Å². The standard InChI is InChI=1S/C14H13NO2/c16-13-11-8-4-5-9-12(11)14(17)15(13)10-6-2-1-3-7-10/h4-6,8-9H,1-3,7H2. The molecule has 1 aromatic rings. The second-order valence-corrected chi connectivity index (χ2v) is 4.43. The second kappa shape index (κ2) is 3.84. The summed E-state index contributed by atoms with van der Waals surface area (Å²) in [4.78, 5) is 25.7. The van der Waals surface area contributed by atoms with Gasteiger partial charge in [0.25, 0.3) is 11.8 Å². The molecule has 0 aromatic heterocycles. The molecule has 1 aliphatic carbocycles.